The fraction of sp³-hybridized carbons (Fsp3) is 0.263. The lowest BCUT2D eigenvalue weighted by molar-refractivity contribution is -0.119. The lowest BCUT2D eigenvalue weighted by Crippen LogP contribution is -2.21. The van der Waals surface area contributed by atoms with Crippen molar-refractivity contribution in [2.75, 3.05) is 26.1 Å². The van der Waals surface area contributed by atoms with Crippen LogP contribution in [0.4, 0.5) is 5.69 Å². The Balaban J connectivity index is 1.93. The van der Waals surface area contributed by atoms with Gasteiger partial charge in [-0.25, -0.2) is 4.79 Å². The van der Waals surface area contributed by atoms with Gasteiger partial charge in [0.2, 0.25) is 0 Å². The molecule has 6 heteroatoms. The van der Waals surface area contributed by atoms with Crippen molar-refractivity contribution >= 4 is 17.6 Å². The van der Waals surface area contributed by atoms with Gasteiger partial charge in [0.1, 0.15) is 0 Å². The zero-order valence-corrected chi connectivity index (χ0v) is 14.5. The Morgan fingerprint density at radius 3 is 2.44 bits per heavy atom. The van der Waals surface area contributed by atoms with Crippen molar-refractivity contribution in [1.82, 2.24) is 0 Å². The lowest BCUT2D eigenvalue weighted by atomic mass is 10.1. The molecule has 2 aromatic carbocycles. The number of rotatable bonds is 7. The number of carbonyl (C=O) groups excluding carboxylic acids is 2. The van der Waals surface area contributed by atoms with Crippen LogP contribution in [-0.2, 0) is 16.0 Å². The van der Waals surface area contributed by atoms with Gasteiger partial charge < -0.3 is 19.5 Å². The predicted octanol–water partition coefficient (Wildman–Crippen LogP) is 3.06. The van der Waals surface area contributed by atoms with Gasteiger partial charge in [-0.3, -0.25) is 4.79 Å². The van der Waals surface area contributed by atoms with Gasteiger partial charge in [-0.05, 0) is 42.3 Å². The van der Waals surface area contributed by atoms with Gasteiger partial charge >= 0.3 is 5.97 Å². The molecule has 0 atom stereocenters. The zero-order valence-electron chi connectivity index (χ0n) is 14.5. The van der Waals surface area contributed by atoms with E-state index in [0.29, 0.717) is 17.2 Å². The zero-order chi connectivity index (χ0) is 18.2. The van der Waals surface area contributed by atoms with Gasteiger partial charge in [-0.2, -0.15) is 0 Å². The first-order chi connectivity index (χ1) is 12.1. The summed E-state index contributed by atoms with van der Waals surface area (Å²) < 4.78 is 15.3. The van der Waals surface area contributed by atoms with Gasteiger partial charge in [-0.1, -0.05) is 19.1 Å². The number of anilines is 1. The Hall–Kier alpha value is -3.02. The molecular weight excluding hydrogens is 322 g/mol. The molecule has 6 nitrogen and oxygen atoms in total. The maximum Gasteiger partial charge on any atom is 0.338 e. The second-order valence-electron chi connectivity index (χ2n) is 5.25. The van der Waals surface area contributed by atoms with E-state index in [1.807, 2.05) is 25.1 Å². The van der Waals surface area contributed by atoms with Gasteiger partial charge in [0.25, 0.3) is 5.91 Å². The first kappa shape index (κ1) is 18.3. The molecule has 1 N–H and O–H groups in total. The molecule has 0 aromatic heterocycles. The summed E-state index contributed by atoms with van der Waals surface area (Å²) in [4.78, 5) is 24.0. The molecule has 0 saturated heterocycles. The highest BCUT2D eigenvalue weighted by molar-refractivity contribution is 5.95. The average Bonchev–Trinajstić information content (AvgIpc) is 2.65. The topological polar surface area (TPSA) is 73.9 Å². The summed E-state index contributed by atoms with van der Waals surface area (Å²) in [5, 5.41) is 2.70. The molecule has 0 unspecified atom stereocenters. The molecule has 0 heterocycles. The molecule has 0 fully saturated rings. The fourth-order valence-electron chi connectivity index (χ4n) is 2.24. The summed E-state index contributed by atoms with van der Waals surface area (Å²) >= 11 is 0. The summed E-state index contributed by atoms with van der Waals surface area (Å²) in [6, 6.07) is 12.2. The summed E-state index contributed by atoms with van der Waals surface area (Å²) in [5.74, 6) is -0.0918. The number of hydrogen-bond acceptors (Lipinski definition) is 5. The monoisotopic (exact) mass is 343 g/mol. The Labute approximate surface area is 146 Å². The SMILES string of the molecule is CCc1cccc(NC(=O)COC(=O)c2ccc(OC)c(OC)c2)c1. The van der Waals surface area contributed by atoms with Crippen LogP contribution < -0.4 is 14.8 Å². The van der Waals surface area contributed by atoms with E-state index in [-0.39, 0.29) is 12.2 Å². The van der Waals surface area contributed by atoms with Gasteiger partial charge in [0.05, 0.1) is 19.8 Å². The summed E-state index contributed by atoms with van der Waals surface area (Å²) in [5.41, 5.74) is 2.06. The van der Waals surface area contributed by atoms with Crippen LogP contribution in [0.5, 0.6) is 11.5 Å². The van der Waals surface area contributed by atoms with Gasteiger partial charge in [0.15, 0.2) is 18.1 Å². The molecule has 0 aliphatic carbocycles. The molecule has 0 radical (unpaired) electrons. The third-order valence-electron chi connectivity index (χ3n) is 3.57. The number of ether oxygens (including phenoxy) is 3. The van der Waals surface area contributed by atoms with Crippen molar-refractivity contribution in [2.45, 2.75) is 13.3 Å². The van der Waals surface area contributed by atoms with E-state index in [2.05, 4.69) is 5.32 Å². The quantitative estimate of drug-likeness (QED) is 0.782. The van der Waals surface area contributed by atoms with Crippen LogP contribution in [-0.4, -0.2) is 32.7 Å². The molecule has 0 spiro atoms. The Morgan fingerprint density at radius 1 is 1.00 bits per heavy atom. The van der Waals surface area contributed by atoms with Crippen molar-refractivity contribution in [1.29, 1.82) is 0 Å². The van der Waals surface area contributed by atoms with Crippen LogP contribution >= 0.6 is 0 Å². The minimum absolute atomic E-state index is 0.276. The Kier molecular flexibility index (Phi) is 6.39. The highest BCUT2D eigenvalue weighted by Crippen LogP contribution is 2.27. The highest BCUT2D eigenvalue weighted by atomic mass is 16.5. The average molecular weight is 343 g/mol. The predicted molar refractivity (Wildman–Crippen MR) is 94.3 cm³/mol. The number of nitrogens with one attached hydrogen (secondary N) is 1. The van der Waals surface area contributed by atoms with Crippen molar-refractivity contribution in [3.8, 4) is 11.5 Å². The molecule has 0 bridgehead atoms. The molecule has 2 rings (SSSR count). The van der Waals surface area contributed by atoms with Crippen LogP contribution in [0.1, 0.15) is 22.8 Å². The van der Waals surface area contributed by atoms with Crippen LogP contribution in [0.25, 0.3) is 0 Å². The summed E-state index contributed by atoms with van der Waals surface area (Å²) in [6.45, 7) is 1.66. The normalized spacial score (nSPS) is 10.0. The molecule has 0 aliphatic rings. The minimum Gasteiger partial charge on any atom is -0.493 e. The largest absolute Gasteiger partial charge is 0.493 e. The molecule has 0 saturated carbocycles. The van der Waals surface area contributed by atoms with Gasteiger partial charge in [-0.15, -0.1) is 0 Å². The first-order valence-electron chi connectivity index (χ1n) is 7.85. The van der Waals surface area contributed by atoms with Crippen LogP contribution in [0.15, 0.2) is 42.5 Å². The van der Waals surface area contributed by atoms with E-state index in [4.69, 9.17) is 14.2 Å². The number of carbonyl (C=O) groups is 2. The standard InChI is InChI=1S/C19H21NO5/c1-4-13-6-5-7-15(10-13)20-18(21)12-25-19(22)14-8-9-16(23-2)17(11-14)24-3/h5-11H,4,12H2,1-3H3,(H,20,21). The second-order valence-corrected chi connectivity index (χ2v) is 5.25. The van der Waals surface area contributed by atoms with Crippen LogP contribution in [0.3, 0.4) is 0 Å². The van der Waals surface area contributed by atoms with Crippen molar-refractivity contribution in [3.63, 3.8) is 0 Å². The molecule has 132 valence electrons. The fourth-order valence-corrected chi connectivity index (χ4v) is 2.24. The number of amides is 1. The summed E-state index contributed by atoms with van der Waals surface area (Å²) in [7, 11) is 2.98. The number of aryl methyl sites for hydroxylation is 1. The van der Waals surface area contributed by atoms with E-state index in [1.54, 1.807) is 18.2 Å². The highest BCUT2D eigenvalue weighted by Gasteiger charge is 2.13. The minimum atomic E-state index is -0.613. The lowest BCUT2D eigenvalue weighted by Gasteiger charge is -2.10. The Morgan fingerprint density at radius 2 is 1.76 bits per heavy atom. The first-order valence-corrected chi connectivity index (χ1v) is 7.85. The second kappa shape index (κ2) is 8.73. The number of hydrogen-bond donors (Lipinski definition) is 1. The molecule has 1 amide bonds. The molecule has 0 aliphatic heterocycles. The van der Waals surface area contributed by atoms with Crippen LogP contribution in [0, 0.1) is 0 Å². The number of methoxy groups -OCH3 is 2. The van der Waals surface area contributed by atoms with E-state index >= 15 is 0 Å². The van der Waals surface area contributed by atoms with E-state index in [9.17, 15) is 9.59 Å². The number of esters is 1. The number of benzene rings is 2. The third-order valence-corrected chi connectivity index (χ3v) is 3.57. The maximum atomic E-state index is 12.1. The smallest absolute Gasteiger partial charge is 0.338 e. The molecule has 25 heavy (non-hydrogen) atoms. The van der Waals surface area contributed by atoms with Crippen molar-refractivity contribution in [3.05, 3.63) is 53.6 Å². The summed E-state index contributed by atoms with van der Waals surface area (Å²) in [6.07, 6.45) is 0.873. The van der Waals surface area contributed by atoms with Crippen LogP contribution in [0.2, 0.25) is 0 Å². The Bertz CT molecular complexity index is 757. The van der Waals surface area contributed by atoms with Gasteiger partial charge in [0, 0.05) is 5.69 Å². The third kappa shape index (κ3) is 4.97. The molecular formula is C19H21NO5. The van der Waals surface area contributed by atoms with E-state index in [0.717, 1.165) is 12.0 Å². The molecule has 2 aromatic rings. The van der Waals surface area contributed by atoms with Crippen molar-refractivity contribution < 1.29 is 23.8 Å². The van der Waals surface area contributed by atoms with Crippen molar-refractivity contribution in [2.24, 2.45) is 0 Å². The maximum absolute atomic E-state index is 12.1. The van der Waals surface area contributed by atoms with E-state index < -0.39 is 11.9 Å². The van der Waals surface area contributed by atoms with E-state index in [1.165, 1.54) is 20.3 Å².